The van der Waals surface area contributed by atoms with Crippen LogP contribution < -0.4 is 0 Å². The summed E-state index contributed by atoms with van der Waals surface area (Å²) in [4.78, 5) is 0. The van der Waals surface area contributed by atoms with Crippen LogP contribution >= 0.6 is 23.4 Å². The van der Waals surface area contributed by atoms with Gasteiger partial charge < -0.3 is 5.11 Å². The van der Waals surface area contributed by atoms with E-state index >= 15 is 0 Å². The van der Waals surface area contributed by atoms with Gasteiger partial charge in [0.15, 0.2) is 0 Å². The Morgan fingerprint density at radius 2 is 2.11 bits per heavy atom. The molecule has 18 heavy (non-hydrogen) atoms. The lowest BCUT2D eigenvalue weighted by Gasteiger charge is -2.24. The largest absolute Gasteiger partial charge is 0.393 e. The SMILES string of the molecule is OC(Cc1ccc(F)cc1Cl)CC1CCSCC1. The van der Waals surface area contributed by atoms with Crippen molar-refractivity contribution < 1.29 is 9.50 Å². The fourth-order valence-corrected chi connectivity index (χ4v) is 3.84. The lowest BCUT2D eigenvalue weighted by molar-refractivity contribution is 0.139. The van der Waals surface area contributed by atoms with Gasteiger partial charge in [-0.2, -0.15) is 11.8 Å². The highest BCUT2D eigenvalue weighted by molar-refractivity contribution is 7.99. The highest BCUT2D eigenvalue weighted by Crippen LogP contribution is 2.28. The summed E-state index contributed by atoms with van der Waals surface area (Å²) < 4.78 is 12.9. The van der Waals surface area contributed by atoms with Gasteiger partial charge in [-0.25, -0.2) is 4.39 Å². The summed E-state index contributed by atoms with van der Waals surface area (Å²) in [6, 6.07) is 4.36. The van der Waals surface area contributed by atoms with E-state index in [4.69, 9.17) is 11.6 Å². The minimum atomic E-state index is -0.374. The zero-order valence-corrected chi connectivity index (χ0v) is 11.8. The van der Waals surface area contributed by atoms with Gasteiger partial charge in [0.05, 0.1) is 6.10 Å². The van der Waals surface area contributed by atoms with Crippen molar-refractivity contribution in [2.45, 2.75) is 31.8 Å². The first-order chi connectivity index (χ1) is 8.65. The van der Waals surface area contributed by atoms with E-state index in [1.165, 1.54) is 36.5 Å². The minimum absolute atomic E-state index is 0.331. The Balaban J connectivity index is 1.87. The van der Waals surface area contributed by atoms with Crippen LogP contribution in [0, 0.1) is 11.7 Å². The summed E-state index contributed by atoms with van der Waals surface area (Å²) in [5, 5.41) is 10.5. The van der Waals surface area contributed by atoms with Crippen LogP contribution in [0.3, 0.4) is 0 Å². The molecule has 1 aliphatic rings. The summed E-state index contributed by atoms with van der Waals surface area (Å²) in [7, 11) is 0. The molecule has 2 rings (SSSR count). The Hall–Kier alpha value is -0.250. The molecule has 1 unspecified atom stereocenters. The quantitative estimate of drug-likeness (QED) is 0.906. The summed E-state index contributed by atoms with van der Waals surface area (Å²) in [6.07, 6.45) is 3.36. The number of hydrogen-bond acceptors (Lipinski definition) is 2. The van der Waals surface area contributed by atoms with Crippen LogP contribution in [-0.2, 0) is 6.42 Å². The number of thioether (sulfide) groups is 1. The number of halogens is 2. The molecule has 1 saturated heterocycles. The summed E-state index contributed by atoms with van der Waals surface area (Å²) in [6.45, 7) is 0. The molecule has 1 aromatic carbocycles. The zero-order valence-electron chi connectivity index (χ0n) is 10.2. The standard InChI is InChI=1S/C14H18ClFOS/c15-14-9-12(16)2-1-11(14)8-13(17)7-10-3-5-18-6-4-10/h1-2,9-10,13,17H,3-8H2. The van der Waals surface area contributed by atoms with Crippen LogP contribution in [-0.4, -0.2) is 22.7 Å². The molecule has 1 atom stereocenters. The summed E-state index contributed by atoms with van der Waals surface area (Å²) in [5.41, 5.74) is 0.829. The lowest BCUT2D eigenvalue weighted by Crippen LogP contribution is -2.19. The van der Waals surface area contributed by atoms with Crippen molar-refractivity contribution in [2.75, 3.05) is 11.5 Å². The van der Waals surface area contributed by atoms with Gasteiger partial charge >= 0.3 is 0 Å². The van der Waals surface area contributed by atoms with Crippen molar-refractivity contribution in [2.24, 2.45) is 5.92 Å². The molecule has 0 aliphatic carbocycles. The number of aliphatic hydroxyl groups is 1. The van der Waals surface area contributed by atoms with E-state index in [2.05, 4.69) is 0 Å². The Bertz CT molecular complexity index is 393. The van der Waals surface area contributed by atoms with Gasteiger partial charge in [0.1, 0.15) is 5.82 Å². The van der Waals surface area contributed by atoms with Crippen molar-refractivity contribution in [1.29, 1.82) is 0 Å². The topological polar surface area (TPSA) is 20.2 Å². The second-order valence-corrected chi connectivity index (χ2v) is 6.52. The van der Waals surface area contributed by atoms with E-state index in [1.54, 1.807) is 6.07 Å². The lowest BCUT2D eigenvalue weighted by atomic mass is 9.93. The second-order valence-electron chi connectivity index (χ2n) is 4.89. The number of hydrogen-bond donors (Lipinski definition) is 1. The third kappa shape index (κ3) is 4.15. The molecule has 1 heterocycles. The minimum Gasteiger partial charge on any atom is -0.393 e. The number of aliphatic hydroxyl groups excluding tert-OH is 1. The molecule has 1 N–H and O–H groups in total. The Kier molecular flexibility index (Phi) is 5.34. The first-order valence-corrected chi connectivity index (χ1v) is 7.88. The van der Waals surface area contributed by atoms with Gasteiger partial charge in [-0.05, 0) is 60.8 Å². The Labute approximate surface area is 117 Å². The van der Waals surface area contributed by atoms with Crippen LogP contribution in [0.15, 0.2) is 18.2 Å². The van der Waals surface area contributed by atoms with Gasteiger partial charge in [-0.3, -0.25) is 0 Å². The molecule has 1 aromatic rings. The van der Waals surface area contributed by atoms with Gasteiger partial charge in [0.25, 0.3) is 0 Å². The number of benzene rings is 1. The molecular formula is C14H18ClFOS. The molecule has 0 amide bonds. The molecule has 0 radical (unpaired) electrons. The third-order valence-electron chi connectivity index (χ3n) is 3.42. The maximum atomic E-state index is 12.9. The monoisotopic (exact) mass is 288 g/mol. The molecule has 0 spiro atoms. The van der Waals surface area contributed by atoms with Crippen LogP contribution in [0.1, 0.15) is 24.8 Å². The van der Waals surface area contributed by atoms with E-state index in [1.807, 2.05) is 11.8 Å². The second kappa shape index (κ2) is 6.78. The highest BCUT2D eigenvalue weighted by Gasteiger charge is 2.18. The Morgan fingerprint density at radius 3 is 2.78 bits per heavy atom. The molecule has 4 heteroatoms. The first kappa shape index (κ1) is 14.2. The van der Waals surface area contributed by atoms with Crippen molar-refractivity contribution in [1.82, 2.24) is 0 Å². The maximum absolute atomic E-state index is 12.9. The van der Waals surface area contributed by atoms with Gasteiger partial charge in [-0.1, -0.05) is 17.7 Å². The van der Waals surface area contributed by atoms with E-state index in [9.17, 15) is 9.50 Å². The van der Waals surface area contributed by atoms with Crippen molar-refractivity contribution in [3.05, 3.63) is 34.6 Å². The van der Waals surface area contributed by atoms with Crippen molar-refractivity contribution in [3.8, 4) is 0 Å². The highest BCUT2D eigenvalue weighted by atomic mass is 35.5. The van der Waals surface area contributed by atoms with Crippen LogP contribution in [0.2, 0.25) is 5.02 Å². The molecule has 0 aromatic heterocycles. The van der Waals surface area contributed by atoms with Crippen molar-refractivity contribution in [3.63, 3.8) is 0 Å². The van der Waals surface area contributed by atoms with Gasteiger partial charge in [0.2, 0.25) is 0 Å². The summed E-state index contributed by atoms with van der Waals surface area (Å²) in [5.74, 6) is 2.70. The fourth-order valence-electron chi connectivity index (χ4n) is 2.39. The van der Waals surface area contributed by atoms with E-state index < -0.39 is 0 Å². The van der Waals surface area contributed by atoms with Crippen LogP contribution in [0.5, 0.6) is 0 Å². The maximum Gasteiger partial charge on any atom is 0.124 e. The summed E-state index contributed by atoms with van der Waals surface area (Å²) >= 11 is 7.95. The van der Waals surface area contributed by atoms with Crippen LogP contribution in [0.4, 0.5) is 4.39 Å². The van der Waals surface area contributed by atoms with E-state index in [0.29, 0.717) is 17.4 Å². The smallest absolute Gasteiger partial charge is 0.124 e. The first-order valence-electron chi connectivity index (χ1n) is 6.35. The molecule has 1 fully saturated rings. The third-order valence-corrected chi connectivity index (χ3v) is 4.82. The molecule has 1 nitrogen and oxygen atoms in total. The molecular weight excluding hydrogens is 271 g/mol. The van der Waals surface area contributed by atoms with Gasteiger partial charge in [-0.15, -0.1) is 0 Å². The van der Waals surface area contributed by atoms with Gasteiger partial charge in [0, 0.05) is 5.02 Å². The molecule has 0 saturated carbocycles. The predicted molar refractivity (Wildman–Crippen MR) is 75.8 cm³/mol. The predicted octanol–water partition coefficient (Wildman–Crippen LogP) is 3.92. The average molecular weight is 289 g/mol. The Morgan fingerprint density at radius 1 is 1.39 bits per heavy atom. The normalized spacial score (nSPS) is 18.8. The number of rotatable bonds is 4. The fraction of sp³-hybridized carbons (Fsp3) is 0.571. The molecule has 1 aliphatic heterocycles. The van der Waals surface area contributed by atoms with E-state index in [0.717, 1.165) is 12.0 Å². The van der Waals surface area contributed by atoms with Crippen molar-refractivity contribution >= 4 is 23.4 Å². The molecule has 0 bridgehead atoms. The van der Waals surface area contributed by atoms with E-state index in [-0.39, 0.29) is 11.9 Å². The van der Waals surface area contributed by atoms with Crippen LogP contribution in [0.25, 0.3) is 0 Å². The zero-order chi connectivity index (χ0) is 13.0. The molecule has 100 valence electrons. The average Bonchev–Trinajstić information content (AvgIpc) is 2.34.